The Bertz CT molecular complexity index is 242. The SMILES string of the molecule is Brc1nc(C2CCCC2)no1. The third-order valence-corrected chi connectivity index (χ3v) is 2.46. The van der Waals surface area contributed by atoms with Crippen molar-refractivity contribution in [1.29, 1.82) is 0 Å². The van der Waals surface area contributed by atoms with Crippen LogP contribution in [0.2, 0.25) is 0 Å². The minimum atomic E-state index is 0.499. The van der Waals surface area contributed by atoms with Crippen molar-refractivity contribution >= 4 is 15.9 Å². The molecule has 0 bridgehead atoms. The van der Waals surface area contributed by atoms with Gasteiger partial charge in [-0.2, -0.15) is 4.98 Å². The fourth-order valence-corrected chi connectivity index (χ4v) is 1.82. The van der Waals surface area contributed by atoms with E-state index in [1.807, 2.05) is 0 Å². The molecule has 2 rings (SSSR count). The summed E-state index contributed by atoms with van der Waals surface area (Å²) < 4.78 is 4.83. The van der Waals surface area contributed by atoms with Gasteiger partial charge >= 0.3 is 0 Å². The lowest BCUT2D eigenvalue weighted by molar-refractivity contribution is 0.385. The molecule has 60 valence electrons. The molecule has 1 aromatic heterocycles. The van der Waals surface area contributed by atoms with E-state index in [0.717, 1.165) is 5.82 Å². The maximum atomic E-state index is 4.83. The Balaban J connectivity index is 2.15. The van der Waals surface area contributed by atoms with Gasteiger partial charge in [-0.05, 0) is 12.8 Å². The Morgan fingerprint density at radius 2 is 2.09 bits per heavy atom. The standard InChI is InChI=1S/C7H9BrN2O/c8-7-9-6(10-11-7)5-3-1-2-4-5/h5H,1-4H2. The van der Waals surface area contributed by atoms with Crippen LogP contribution in [0.3, 0.4) is 0 Å². The second-order valence-electron chi connectivity index (χ2n) is 2.89. The quantitative estimate of drug-likeness (QED) is 0.725. The highest BCUT2D eigenvalue weighted by Gasteiger charge is 2.21. The number of nitrogens with zero attached hydrogens (tertiary/aromatic N) is 2. The van der Waals surface area contributed by atoms with Gasteiger partial charge in [-0.1, -0.05) is 18.0 Å². The molecule has 0 spiro atoms. The monoisotopic (exact) mass is 216 g/mol. The lowest BCUT2D eigenvalue weighted by Crippen LogP contribution is -1.93. The summed E-state index contributed by atoms with van der Waals surface area (Å²) in [6.07, 6.45) is 5.03. The van der Waals surface area contributed by atoms with Crippen molar-refractivity contribution in [1.82, 2.24) is 10.1 Å². The fourth-order valence-electron chi connectivity index (χ4n) is 1.57. The van der Waals surface area contributed by atoms with Gasteiger partial charge in [0.05, 0.1) is 0 Å². The summed E-state index contributed by atoms with van der Waals surface area (Å²) in [5.41, 5.74) is 0. The molecule has 1 heterocycles. The van der Waals surface area contributed by atoms with E-state index in [9.17, 15) is 0 Å². The lowest BCUT2D eigenvalue weighted by Gasteiger charge is -1.98. The van der Waals surface area contributed by atoms with Crippen molar-refractivity contribution in [2.45, 2.75) is 31.6 Å². The van der Waals surface area contributed by atoms with E-state index in [1.54, 1.807) is 0 Å². The van der Waals surface area contributed by atoms with E-state index in [2.05, 4.69) is 26.1 Å². The van der Waals surface area contributed by atoms with E-state index >= 15 is 0 Å². The highest BCUT2D eigenvalue weighted by molar-refractivity contribution is 9.10. The molecule has 3 nitrogen and oxygen atoms in total. The molecule has 0 saturated heterocycles. The molecule has 1 aromatic rings. The number of halogens is 1. The molecular weight excluding hydrogens is 208 g/mol. The zero-order chi connectivity index (χ0) is 7.68. The molecule has 1 saturated carbocycles. The largest absolute Gasteiger partial charge is 0.327 e. The summed E-state index contributed by atoms with van der Waals surface area (Å²) in [5.74, 6) is 1.42. The van der Waals surface area contributed by atoms with Crippen molar-refractivity contribution in [2.24, 2.45) is 0 Å². The molecule has 0 aromatic carbocycles. The number of aromatic nitrogens is 2. The molecule has 0 radical (unpaired) electrons. The first-order valence-electron chi connectivity index (χ1n) is 3.85. The maximum absolute atomic E-state index is 4.83. The van der Waals surface area contributed by atoms with E-state index in [4.69, 9.17) is 4.52 Å². The van der Waals surface area contributed by atoms with E-state index in [0.29, 0.717) is 10.7 Å². The Kier molecular flexibility index (Phi) is 1.94. The summed E-state index contributed by atoms with van der Waals surface area (Å²) in [6, 6.07) is 0. The summed E-state index contributed by atoms with van der Waals surface area (Å²) in [6.45, 7) is 0. The minimum Gasteiger partial charge on any atom is -0.327 e. The van der Waals surface area contributed by atoms with Gasteiger partial charge in [-0.3, -0.25) is 0 Å². The molecule has 0 aliphatic heterocycles. The highest BCUT2D eigenvalue weighted by atomic mass is 79.9. The van der Waals surface area contributed by atoms with Crippen molar-refractivity contribution in [3.05, 3.63) is 10.6 Å². The first kappa shape index (κ1) is 7.28. The molecular formula is C7H9BrN2O. The van der Waals surface area contributed by atoms with Crippen molar-refractivity contribution in [3.63, 3.8) is 0 Å². The number of rotatable bonds is 1. The first-order valence-corrected chi connectivity index (χ1v) is 4.64. The van der Waals surface area contributed by atoms with Crippen LogP contribution in [0.5, 0.6) is 0 Å². The summed E-state index contributed by atoms with van der Waals surface area (Å²) in [4.78, 5) is 4.63. The summed E-state index contributed by atoms with van der Waals surface area (Å²) >= 11 is 3.14. The smallest absolute Gasteiger partial charge is 0.293 e. The van der Waals surface area contributed by atoms with Crippen LogP contribution in [0.1, 0.15) is 37.4 Å². The molecule has 0 atom stereocenters. The molecule has 1 aliphatic rings. The van der Waals surface area contributed by atoms with Gasteiger partial charge in [0.1, 0.15) is 0 Å². The Hall–Kier alpha value is -0.380. The highest BCUT2D eigenvalue weighted by Crippen LogP contribution is 2.32. The molecule has 0 amide bonds. The van der Waals surface area contributed by atoms with Gasteiger partial charge in [0.2, 0.25) is 0 Å². The normalized spacial score (nSPS) is 19.4. The van der Waals surface area contributed by atoms with E-state index in [1.165, 1.54) is 25.7 Å². The zero-order valence-corrected chi connectivity index (χ0v) is 7.67. The van der Waals surface area contributed by atoms with Gasteiger partial charge in [0, 0.05) is 21.8 Å². The van der Waals surface area contributed by atoms with Crippen LogP contribution in [0, 0.1) is 0 Å². The van der Waals surface area contributed by atoms with Crippen LogP contribution in [0.25, 0.3) is 0 Å². The van der Waals surface area contributed by atoms with Gasteiger partial charge < -0.3 is 4.52 Å². The Labute approximate surface area is 73.3 Å². The van der Waals surface area contributed by atoms with Crippen LogP contribution in [-0.4, -0.2) is 10.1 Å². The van der Waals surface area contributed by atoms with Crippen LogP contribution >= 0.6 is 15.9 Å². The summed E-state index contributed by atoms with van der Waals surface area (Å²) in [5, 5.41) is 3.86. The zero-order valence-electron chi connectivity index (χ0n) is 6.09. The number of hydrogen-bond acceptors (Lipinski definition) is 3. The van der Waals surface area contributed by atoms with Crippen LogP contribution in [-0.2, 0) is 0 Å². The third kappa shape index (κ3) is 1.45. The van der Waals surface area contributed by atoms with Crippen molar-refractivity contribution in [2.75, 3.05) is 0 Å². The average Bonchev–Trinajstić information content (AvgIpc) is 2.55. The predicted molar refractivity (Wildman–Crippen MR) is 43.2 cm³/mol. The van der Waals surface area contributed by atoms with Gasteiger partial charge in [0.15, 0.2) is 5.82 Å². The molecule has 1 aliphatic carbocycles. The molecule has 0 unspecified atom stereocenters. The third-order valence-electron chi connectivity index (χ3n) is 2.14. The van der Waals surface area contributed by atoms with Crippen LogP contribution in [0.15, 0.2) is 9.32 Å². The average molecular weight is 217 g/mol. The Morgan fingerprint density at radius 1 is 1.36 bits per heavy atom. The number of hydrogen-bond donors (Lipinski definition) is 0. The Morgan fingerprint density at radius 3 is 2.64 bits per heavy atom. The maximum Gasteiger partial charge on any atom is 0.293 e. The topological polar surface area (TPSA) is 38.9 Å². The second kappa shape index (κ2) is 2.93. The molecule has 11 heavy (non-hydrogen) atoms. The van der Waals surface area contributed by atoms with Crippen molar-refractivity contribution in [3.8, 4) is 0 Å². The molecule has 1 fully saturated rings. The minimum absolute atomic E-state index is 0.499. The molecule has 0 N–H and O–H groups in total. The van der Waals surface area contributed by atoms with Crippen LogP contribution < -0.4 is 0 Å². The van der Waals surface area contributed by atoms with Gasteiger partial charge in [0.25, 0.3) is 4.80 Å². The lowest BCUT2D eigenvalue weighted by atomic mass is 10.1. The first-order chi connectivity index (χ1) is 5.36. The molecule has 4 heteroatoms. The second-order valence-corrected chi connectivity index (χ2v) is 3.57. The fraction of sp³-hybridized carbons (Fsp3) is 0.714. The van der Waals surface area contributed by atoms with E-state index in [-0.39, 0.29) is 0 Å². The van der Waals surface area contributed by atoms with E-state index < -0.39 is 0 Å². The predicted octanol–water partition coefficient (Wildman–Crippen LogP) is 2.49. The summed E-state index contributed by atoms with van der Waals surface area (Å²) in [7, 11) is 0. The van der Waals surface area contributed by atoms with Crippen LogP contribution in [0.4, 0.5) is 0 Å². The van der Waals surface area contributed by atoms with Crippen molar-refractivity contribution < 1.29 is 4.52 Å². The van der Waals surface area contributed by atoms with Gasteiger partial charge in [-0.25, -0.2) is 0 Å². The van der Waals surface area contributed by atoms with Gasteiger partial charge in [-0.15, -0.1) is 0 Å².